The molecule has 6 heteroatoms. The number of carbonyl (C=O) groups is 1. The lowest BCUT2D eigenvalue weighted by atomic mass is 10.0. The first-order valence-corrected chi connectivity index (χ1v) is 8.41. The summed E-state index contributed by atoms with van der Waals surface area (Å²) in [6.07, 6.45) is 0. The van der Waals surface area contributed by atoms with Crippen LogP contribution in [0.15, 0.2) is 46.9 Å². The molecule has 0 aliphatic heterocycles. The fraction of sp³-hybridized carbons (Fsp3) is 0.222. The first-order valence-electron chi connectivity index (χ1n) is 7.62. The lowest BCUT2D eigenvalue weighted by Crippen LogP contribution is -2.31. The molecule has 5 nitrogen and oxygen atoms in total. The molecule has 0 saturated heterocycles. The summed E-state index contributed by atoms with van der Waals surface area (Å²) >= 11 is 3.49. The second kappa shape index (κ2) is 6.03. The molecule has 2 aromatic carbocycles. The average Bonchev–Trinajstić information content (AvgIpc) is 2.92. The molecule has 0 unspecified atom stereocenters. The van der Waals surface area contributed by atoms with Gasteiger partial charge in [0.1, 0.15) is 5.82 Å². The Hall–Kier alpha value is -2.18. The zero-order valence-corrected chi connectivity index (χ0v) is 15.4. The van der Waals surface area contributed by atoms with Gasteiger partial charge in [-0.05, 0) is 45.0 Å². The van der Waals surface area contributed by atoms with Gasteiger partial charge in [0.25, 0.3) is 5.91 Å². The first-order chi connectivity index (χ1) is 11.3. The molecule has 0 aliphatic carbocycles. The Morgan fingerprint density at radius 3 is 2.58 bits per heavy atom. The minimum Gasteiger partial charge on any atom is -0.319 e. The fourth-order valence-corrected chi connectivity index (χ4v) is 3.22. The standard InChI is InChI=1S/C18H19BrN4O/c1-18(2,3)23-15-9-8-11(19)10-14(15)21-16(23)12-6-4-5-7-13(12)17(24)22-20/h4-10H,20H2,1-3H3,(H,22,24). The van der Waals surface area contributed by atoms with Crippen molar-refractivity contribution in [2.45, 2.75) is 26.3 Å². The smallest absolute Gasteiger partial charge is 0.265 e. The van der Waals surface area contributed by atoms with Gasteiger partial charge in [-0.2, -0.15) is 0 Å². The summed E-state index contributed by atoms with van der Waals surface area (Å²) < 4.78 is 3.12. The summed E-state index contributed by atoms with van der Waals surface area (Å²) in [5.41, 5.74) is 5.15. The predicted molar refractivity (Wildman–Crippen MR) is 99.5 cm³/mol. The number of amides is 1. The van der Waals surface area contributed by atoms with E-state index in [1.54, 1.807) is 6.07 Å². The number of rotatable bonds is 2. The van der Waals surface area contributed by atoms with Crippen molar-refractivity contribution in [3.05, 3.63) is 52.5 Å². The van der Waals surface area contributed by atoms with Crippen molar-refractivity contribution in [1.82, 2.24) is 15.0 Å². The molecule has 3 aromatic rings. The van der Waals surface area contributed by atoms with Gasteiger partial charge in [-0.1, -0.05) is 34.1 Å². The van der Waals surface area contributed by atoms with E-state index in [2.05, 4.69) is 46.7 Å². The van der Waals surface area contributed by atoms with E-state index in [1.807, 2.05) is 36.4 Å². The number of nitrogens with zero attached hydrogens (tertiary/aromatic N) is 2. The van der Waals surface area contributed by atoms with Crippen molar-refractivity contribution < 1.29 is 4.79 Å². The third-order valence-corrected chi connectivity index (χ3v) is 4.32. The molecule has 0 aliphatic rings. The van der Waals surface area contributed by atoms with Gasteiger partial charge in [0.2, 0.25) is 0 Å². The highest BCUT2D eigenvalue weighted by Crippen LogP contribution is 2.33. The molecule has 0 bridgehead atoms. The van der Waals surface area contributed by atoms with E-state index in [0.717, 1.165) is 26.9 Å². The van der Waals surface area contributed by atoms with Gasteiger partial charge >= 0.3 is 0 Å². The van der Waals surface area contributed by atoms with Crippen LogP contribution in [0.2, 0.25) is 0 Å². The van der Waals surface area contributed by atoms with E-state index >= 15 is 0 Å². The number of carbonyl (C=O) groups excluding carboxylic acids is 1. The number of hydrogen-bond donors (Lipinski definition) is 2. The van der Waals surface area contributed by atoms with Gasteiger partial charge in [0.15, 0.2) is 0 Å². The Morgan fingerprint density at radius 2 is 1.92 bits per heavy atom. The average molecular weight is 387 g/mol. The lowest BCUT2D eigenvalue weighted by molar-refractivity contribution is 0.0954. The third-order valence-electron chi connectivity index (χ3n) is 3.83. The highest BCUT2D eigenvalue weighted by molar-refractivity contribution is 9.10. The van der Waals surface area contributed by atoms with Crippen LogP contribution in [0.4, 0.5) is 0 Å². The van der Waals surface area contributed by atoms with Gasteiger partial charge in [-0.3, -0.25) is 10.2 Å². The van der Waals surface area contributed by atoms with Crippen molar-refractivity contribution in [2.75, 3.05) is 0 Å². The summed E-state index contributed by atoms with van der Waals surface area (Å²) in [5, 5.41) is 0. The zero-order chi connectivity index (χ0) is 17.5. The van der Waals surface area contributed by atoms with Crippen LogP contribution in [0.1, 0.15) is 31.1 Å². The Kier molecular flexibility index (Phi) is 4.19. The first kappa shape index (κ1) is 16.7. The van der Waals surface area contributed by atoms with Crippen molar-refractivity contribution in [2.24, 2.45) is 5.84 Å². The molecule has 1 amide bonds. The minimum absolute atomic E-state index is 0.204. The maximum atomic E-state index is 12.2. The van der Waals surface area contributed by atoms with Crippen molar-refractivity contribution in [3.8, 4) is 11.4 Å². The van der Waals surface area contributed by atoms with E-state index in [1.165, 1.54) is 0 Å². The number of halogens is 1. The normalized spacial score (nSPS) is 11.7. The van der Waals surface area contributed by atoms with Gasteiger partial charge in [-0.25, -0.2) is 10.8 Å². The van der Waals surface area contributed by atoms with Crippen LogP contribution in [0.3, 0.4) is 0 Å². The number of nitrogens with two attached hydrogens (primary N) is 1. The molecule has 0 atom stereocenters. The molecule has 1 heterocycles. The van der Waals surface area contributed by atoms with Crippen molar-refractivity contribution in [1.29, 1.82) is 0 Å². The molecule has 24 heavy (non-hydrogen) atoms. The second-order valence-corrected chi connectivity index (χ2v) is 7.51. The Bertz CT molecular complexity index is 924. The summed E-state index contributed by atoms with van der Waals surface area (Å²) in [4.78, 5) is 17.0. The number of hydrogen-bond acceptors (Lipinski definition) is 3. The van der Waals surface area contributed by atoms with Gasteiger partial charge in [-0.15, -0.1) is 0 Å². The predicted octanol–water partition coefficient (Wildman–Crippen LogP) is 3.82. The van der Waals surface area contributed by atoms with E-state index in [9.17, 15) is 4.79 Å². The number of benzene rings is 2. The second-order valence-electron chi connectivity index (χ2n) is 6.59. The monoisotopic (exact) mass is 386 g/mol. The summed E-state index contributed by atoms with van der Waals surface area (Å²) in [6, 6.07) is 13.4. The molecule has 0 spiro atoms. The van der Waals surface area contributed by atoms with E-state index in [-0.39, 0.29) is 11.4 Å². The number of imidazole rings is 1. The molecular weight excluding hydrogens is 368 g/mol. The van der Waals surface area contributed by atoms with Crippen LogP contribution >= 0.6 is 15.9 Å². The van der Waals surface area contributed by atoms with Gasteiger partial charge < -0.3 is 4.57 Å². The summed E-state index contributed by atoms with van der Waals surface area (Å²) in [7, 11) is 0. The number of hydrazine groups is 1. The van der Waals surface area contributed by atoms with Crippen LogP contribution in [-0.4, -0.2) is 15.5 Å². The molecule has 0 saturated carbocycles. The molecule has 3 rings (SSSR count). The molecule has 124 valence electrons. The van der Waals surface area contributed by atoms with E-state index in [0.29, 0.717) is 5.56 Å². The van der Waals surface area contributed by atoms with E-state index in [4.69, 9.17) is 10.8 Å². The largest absolute Gasteiger partial charge is 0.319 e. The van der Waals surface area contributed by atoms with Crippen LogP contribution in [-0.2, 0) is 5.54 Å². The summed E-state index contributed by atoms with van der Waals surface area (Å²) in [6.45, 7) is 6.35. The number of fused-ring (bicyclic) bond motifs is 1. The quantitative estimate of drug-likeness (QED) is 0.399. The molecule has 3 N–H and O–H groups in total. The minimum atomic E-state index is -0.334. The maximum Gasteiger partial charge on any atom is 0.265 e. The lowest BCUT2D eigenvalue weighted by Gasteiger charge is -2.25. The molecule has 0 radical (unpaired) electrons. The van der Waals surface area contributed by atoms with E-state index < -0.39 is 0 Å². The van der Waals surface area contributed by atoms with Crippen LogP contribution in [0.25, 0.3) is 22.4 Å². The van der Waals surface area contributed by atoms with Crippen molar-refractivity contribution >= 4 is 32.9 Å². The Balaban J connectivity index is 2.37. The third kappa shape index (κ3) is 2.83. The summed E-state index contributed by atoms with van der Waals surface area (Å²) in [5.74, 6) is 5.75. The van der Waals surface area contributed by atoms with Crippen LogP contribution in [0.5, 0.6) is 0 Å². The van der Waals surface area contributed by atoms with Gasteiger partial charge in [0.05, 0.1) is 16.6 Å². The van der Waals surface area contributed by atoms with Crippen LogP contribution < -0.4 is 11.3 Å². The number of aromatic nitrogens is 2. The molecule has 0 fully saturated rings. The Morgan fingerprint density at radius 1 is 1.21 bits per heavy atom. The van der Waals surface area contributed by atoms with Gasteiger partial charge in [0, 0.05) is 15.6 Å². The highest BCUT2D eigenvalue weighted by Gasteiger charge is 2.25. The fourth-order valence-electron chi connectivity index (χ4n) is 2.87. The molecule has 1 aromatic heterocycles. The van der Waals surface area contributed by atoms with Crippen LogP contribution in [0, 0.1) is 0 Å². The molecular formula is C18H19BrN4O. The van der Waals surface area contributed by atoms with Crippen molar-refractivity contribution in [3.63, 3.8) is 0 Å². The Labute approximate surface area is 149 Å². The topological polar surface area (TPSA) is 72.9 Å². The number of nitrogens with one attached hydrogen (secondary N) is 1. The highest BCUT2D eigenvalue weighted by atomic mass is 79.9. The SMILES string of the molecule is CC(C)(C)n1c(-c2ccccc2C(=O)NN)nc2cc(Br)ccc21. The zero-order valence-electron chi connectivity index (χ0n) is 13.8. The maximum absolute atomic E-state index is 12.2. The number of nitrogen functional groups attached to an aromatic ring is 1.